The van der Waals surface area contributed by atoms with Gasteiger partial charge in [0.1, 0.15) is 0 Å². The van der Waals surface area contributed by atoms with Gasteiger partial charge in [-0.25, -0.2) is 0 Å². The van der Waals surface area contributed by atoms with E-state index in [1.807, 2.05) is 11.3 Å². The van der Waals surface area contributed by atoms with Crippen LogP contribution in [0.2, 0.25) is 0 Å². The number of hydrogen-bond donors (Lipinski definition) is 1. The first-order valence-electron chi connectivity index (χ1n) is 6.02. The van der Waals surface area contributed by atoms with Crippen molar-refractivity contribution in [3.63, 3.8) is 0 Å². The van der Waals surface area contributed by atoms with Gasteiger partial charge in [-0.05, 0) is 36.9 Å². The number of hydrogen-bond acceptors (Lipinski definition) is 2. The van der Waals surface area contributed by atoms with Crippen LogP contribution in [0.3, 0.4) is 0 Å². The van der Waals surface area contributed by atoms with Gasteiger partial charge >= 0.3 is 0 Å². The van der Waals surface area contributed by atoms with Crippen molar-refractivity contribution in [2.24, 2.45) is 5.92 Å². The van der Waals surface area contributed by atoms with Gasteiger partial charge in [-0.3, -0.25) is 0 Å². The molecule has 1 N–H and O–H groups in total. The summed E-state index contributed by atoms with van der Waals surface area (Å²) >= 11 is 1.94. The van der Waals surface area contributed by atoms with Gasteiger partial charge in [-0.15, -0.1) is 11.3 Å². The van der Waals surface area contributed by atoms with Crippen LogP contribution in [-0.4, -0.2) is 7.05 Å². The first-order valence-corrected chi connectivity index (χ1v) is 6.84. The van der Waals surface area contributed by atoms with Gasteiger partial charge in [0.25, 0.3) is 0 Å². The van der Waals surface area contributed by atoms with E-state index in [0.29, 0.717) is 6.04 Å². The first kappa shape index (κ1) is 10.3. The number of thiophene rings is 1. The Labute approximate surface area is 100 Å². The molecule has 16 heavy (non-hydrogen) atoms. The highest BCUT2D eigenvalue weighted by atomic mass is 32.1. The summed E-state index contributed by atoms with van der Waals surface area (Å²) in [6, 6.07) is 11.6. The molecule has 0 amide bonds. The standard InChI is InChI=1S/C14H17NS/c1-15-12(8-10-6-7-10)14-9-11-4-2-3-5-13(11)16-14/h2-5,9-10,12,15H,6-8H2,1H3. The Morgan fingerprint density at radius 3 is 2.88 bits per heavy atom. The molecule has 0 spiro atoms. The topological polar surface area (TPSA) is 12.0 Å². The molecule has 1 unspecified atom stereocenters. The molecule has 1 fully saturated rings. The molecule has 1 aliphatic rings. The Morgan fingerprint density at radius 2 is 2.19 bits per heavy atom. The van der Waals surface area contributed by atoms with Crippen LogP contribution in [0.1, 0.15) is 30.2 Å². The van der Waals surface area contributed by atoms with E-state index in [-0.39, 0.29) is 0 Å². The Hall–Kier alpha value is -0.860. The Bertz CT molecular complexity index is 451. The zero-order chi connectivity index (χ0) is 11.0. The molecule has 0 saturated heterocycles. The SMILES string of the molecule is CNC(CC1CC1)c1cc2ccccc2s1. The third kappa shape index (κ3) is 2.00. The van der Waals surface area contributed by atoms with Gasteiger partial charge in [-0.2, -0.15) is 0 Å². The third-order valence-corrected chi connectivity index (χ3v) is 4.63. The quantitative estimate of drug-likeness (QED) is 0.839. The predicted molar refractivity (Wildman–Crippen MR) is 71.0 cm³/mol. The Balaban J connectivity index is 1.90. The van der Waals surface area contributed by atoms with Crippen LogP contribution in [0.25, 0.3) is 10.1 Å². The van der Waals surface area contributed by atoms with Gasteiger partial charge in [-0.1, -0.05) is 31.0 Å². The molecule has 1 saturated carbocycles. The molecule has 1 aromatic carbocycles. The van der Waals surface area contributed by atoms with Gasteiger partial charge in [0, 0.05) is 15.6 Å². The zero-order valence-electron chi connectivity index (χ0n) is 9.57. The summed E-state index contributed by atoms with van der Waals surface area (Å²) in [6.07, 6.45) is 4.18. The number of rotatable bonds is 4. The van der Waals surface area contributed by atoms with Crippen LogP contribution in [-0.2, 0) is 0 Å². The van der Waals surface area contributed by atoms with Gasteiger partial charge < -0.3 is 5.32 Å². The molecule has 0 aliphatic heterocycles. The van der Waals surface area contributed by atoms with Crippen molar-refractivity contribution in [1.82, 2.24) is 5.32 Å². The lowest BCUT2D eigenvalue weighted by molar-refractivity contribution is 0.522. The summed E-state index contributed by atoms with van der Waals surface area (Å²) in [5, 5.41) is 4.85. The van der Waals surface area contributed by atoms with E-state index in [1.165, 1.54) is 34.2 Å². The Kier molecular flexibility index (Phi) is 2.70. The summed E-state index contributed by atoms with van der Waals surface area (Å²) in [6.45, 7) is 0. The third-order valence-electron chi connectivity index (χ3n) is 3.40. The minimum Gasteiger partial charge on any atom is -0.312 e. The lowest BCUT2D eigenvalue weighted by atomic mass is 10.1. The lowest BCUT2D eigenvalue weighted by Gasteiger charge is -2.13. The molecule has 1 aliphatic carbocycles. The fourth-order valence-electron chi connectivity index (χ4n) is 2.24. The highest BCUT2D eigenvalue weighted by Gasteiger charge is 2.26. The Morgan fingerprint density at radius 1 is 1.38 bits per heavy atom. The second kappa shape index (κ2) is 4.19. The summed E-state index contributed by atoms with van der Waals surface area (Å²) in [5.41, 5.74) is 0. The molecular formula is C14H17NS. The minimum absolute atomic E-state index is 0.560. The molecule has 0 bridgehead atoms. The van der Waals surface area contributed by atoms with Crippen molar-refractivity contribution in [3.8, 4) is 0 Å². The van der Waals surface area contributed by atoms with E-state index in [9.17, 15) is 0 Å². The number of fused-ring (bicyclic) bond motifs is 1. The molecule has 3 rings (SSSR count). The first-order chi connectivity index (χ1) is 7.86. The molecule has 2 aromatic rings. The highest BCUT2D eigenvalue weighted by molar-refractivity contribution is 7.19. The average molecular weight is 231 g/mol. The van der Waals surface area contributed by atoms with E-state index < -0.39 is 0 Å². The van der Waals surface area contributed by atoms with Crippen molar-refractivity contribution in [3.05, 3.63) is 35.2 Å². The van der Waals surface area contributed by atoms with Crippen LogP contribution >= 0.6 is 11.3 Å². The van der Waals surface area contributed by atoms with Crippen molar-refractivity contribution in [1.29, 1.82) is 0 Å². The second-order valence-electron chi connectivity index (χ2n) is 4.71. The van der Waals surface area contributed by atoms with Crippen LogP contribution in [0.5, 0.6) is 0 Å². The largest absolute Gasteiger partial charge is 0.312 e. The van der Waals surface area contributed by atoms with E-state index in [0.717, 1.165) is 5.92 Å². The molecule has 1 atom stereocenters. The fraction of sp³-hybridized carbons (Fsp3) is 0.429. The van der Waals surface area contributed by atoms with E-state index in [1.54, 1.807) is 0 Å². The van der Waals surface area contributed by atoms with Gasteiger partial charge in [0.2, 0.25) is 0 Å². The second-order valence-corrected chi connectivity index (χ2v) is 5.82. The summed E-state index contributed by atoms with van der Waals surface area (Å²) in [5.74, 6) is 0.975. The van der Waals surface area contributed by atoms with Crippen molar-refractivity contribution >= 4 is 21.4 Å². The summed E-state index contributed by atoms with van der Waals surface area (Å²) in [4.78, 5) is 1.50. The number of benzene rings is 1. The fourth-order valence-corrected chi connectivity index (χ4v) is 3.42. The molecule has 1 heterocycles. The van der Waals surface area contributed by atoms with E-state index >= 15 is 0 Å². The monoisotopic (exact) mass is 231 g/mol. The molecule has 1 aromatic heterocycles. The molecular weight excluding hydrogens is 214 g/mol. The highest BCUT2D eigenvalue weighted by Crippen LogP contribution is 2.40. The van der Waals surface area contributed by atoms with Crippen LogP contribution in [0.15, 0.2) is 30.3 Å². The smallest absolute Gasteiger partial charge is 0.0415 e. The predicted octanol–water partition coefficient (Wildman–Crippen LogP) is 3.96. The van der Waals surface area contributed by atoms with Gasteiger partial charge in [0.15, 0.2) is 0 Å². The van der Waals surface area contributed by atoms with E-state index in [4.69, 9.17) is 0 Å². The van der Waals surface area contributed by atoms with E-state index in [2.05, 4.69) is 42.7 Å². The normalized spacial score (nSPS) is 17.8. The molecule has 84 valence electrons. The van der Waals surface area contributed by atoms with Crippen LogP contribution < -0.4 is 5.32 Å². The molecule has 1 nitrogen and oxygen atoms in total. The van der Waals surface area contributed by atoms with Crippen molar-refractivity contribution < 1.29 is 0 Å². The maximum atomic E-state index is 3.46. The average Bonchev–Trinajstić information content (AvgIpc) is 3.02. The molecule has 0 radical (unpaired) electrons. The van der Waals surface area contributed by atoms with Crippen LogP contribution in [0.4, 0.5) is 0 Å². The number of nitrogens with one attached hydrogen (secondary N) is 1. The molecule has 2 heteroatoms. The lowest BCUT2D eigenvalue weighted by Crippen LogP contribution is -2.15. The summed E-state index contributed by atoms with van der Waals surface area (Å²) < 4.78 is 1.41. The maximum absolute atomic E-state index is 3.46. The summed E-state index contributed by atoms with van der Waals surface area (Å²) in [7, 11) is 2.08. The maximum Gasteiger partial charge on any atom is 0.0415 e. The zero-order valence-corrected chi connectivity index (χ0v) is 10.4. The van der Waals surface area contributed by atoms with Crippen molar-refractivity contribution in [2.75, 3.05) is 7.05 Å². The van der Waals surface area contributed by atoms with Crippen LogP contribution in [0, 0.1) is 5.92 Å². The van der Waals surface area contributed by atoms with Crippen molar-refractivity contribution in [2.45, 2.75) is 25.3 Å². The van der Waals surface area contributed by atoms with Gasteiger partial charge in [0.05, 0.1) is 0 Å². The minimum atomic E-state index is 0.560.